The van der Waals surface area contributed by atoms with Crippen LogP contribution in [0.1, 0.15) is 41.7 Å². The molecule has 1 aromatic heterocycles. The zero-order valence-corrected chi connectivity index (χ0v) is 19.0. The summed E-state index contributed by atoms with van der Waals surface area (Å²) < 4.78 is 5.57. The molecular weight excluding hydrogens is 396 g/mol. The van der Waals surface area contributed by atoms with Crippen molar-refractivity contribution in [1.82, 2.24) is 4.98 Å². The van der Waals surface area contributed by atoms with E-state index in [1.54, 1.807) is 13.3 Å². The van der Waals surface area contributed by atoms with Crippen LogP contribution in [0.25, 0.3) is 11.1 Å². The molecule has 32 heavy (non-hydrogen) atoms. The SMILES string of the molecule is CC#Cc1cncc(-c2cccc(C3(c4cc(C)c(OC)c(C)c4)N=C(C)C(N)=N3)c2)c1. The lowest BCUT2D eigenvalue weighted by Crippen LogP contribution is -2.23. The number of pyridine rings is 1. The number of hydrogen-bond donors (Lipinski definition) is 1. The van der Waals surface area contributed by atoms with Gasteiger partial charge in [0.15, 0.2) is 0 Å². The third-order valence-corrected chi connectivity index (χ3v) is 5.66. The number of methoxy groups -OCH3 is 1. The fourth-order valence-electron chi connectivity index (χ4n) is 4.20. The molecule has 5 heteroatoms. The molecule has 0 amide bonds. The Morgan fingerprint density at radius 1 is 0.906 bits per heavy atom. The van der Waals surface area contributed by atoms with Crippen molar-refractivity contribution in [2.24, 2.45) is 15.7 Å². The highest BCUT2D eigenvalue weighted by Crippen LogP contribution is 2.42. The molecule has 2 aromatic carbocycles. The van der Waals surface area contributed by atoms with Gasteiger partial charge in [0.25, 0.3) is 0 Å². The average molecular weight is 423 g/mol. The number of aryl methyl sites for hydroxylation is 2. The third kappa shape index (κ3) is 3.65. The van der Waals surface area contributed by atoms with E-state index in [2.05, 4.69) is 41.1 Å². The smallest absolute Gasteiger partial charge is 0.204 e. The van der Waals surface area contributed by atoms with E-state index in [1.807, 2.05) is 52.1 Å². The topological polar surface area (TPSA) is 72.9 Å². The second-order valence-electron chi connectivity index (χ2n) is 7.93. The molecule has 1 aliphatic rings. The molecule has 2 heterocycles. The zero-order valence-electron chi connectivity index (χ0n) is 19.0. The minimum atomic E-state index is -0.944. The van der Waals surface area contributed by atoms with Crippen LogP contribution in [0.5, 0.6) is 5.75 Å². The Morgan fingerprint density at radius 2 is 1.66 bits per heavy atom. The lowest BCUT2D eigenvalue weighted by atomic mass is 9.88. The molecule has 160 valence electrons. The van der Waals surface area contributed by atoms with Gasteiger partial charge >= 0.3 is 0 Å². The van der Waals surface area contributed by atoms with E-state index in [1.165, 1.54) is 0 Å². The van der Waals surface area contributed by atoms with Gasteiger partial charge in [0.2, 0.25) is 5.66 Å². The van der Waals surface area contributed by atoms with Gasteiger partial charge in [-0.1, -0.05) is 24.1 Å². The first-order chi connectivity index (χ1) is 15.4. The van der Waals surface area contributed by atoms with E-state index in [9.17, 15) is 0 Å². The number of nitrogens with zero attached hydrogens (tertiary/aromatic N) is 3. The molecule has 0 radical (unpaired) electrons. The van der Waals surface area contributed by atoms with Crippen LogP contribution in [-0.4, -0.2) is 23.6 Å². The number of nitrogens with two attached hydrogens (primary N) is 1. The van der Waals surface area contributed by atoms with Crippen LogP contribution in [0.3, 0.4) is 0 Å². The standard InChI is InChI=1S/C27H26N4O/c1-6-8-20-13-22(16-29-15-20)21-9-7-10-23(14-21)27(30-19(4)26(28)31-27)24-11-17(2)25(32-5)18(3)12-24/h7,9-16H,1-5H3,(H2,28,31). The summed E-state index contributed by atoms with van der Waals surface area (Å²) in [6.07, 6.45) is 3.61. The molecule has 5 nitrogen and oxygen atoms in total. The first-order valence-electron chi connectivity index (χ1n) is 10.4. The molecule has 2 N–H and O–H groups in total. The fraction of sp³-hybridized carbons (Fsp3) is 0.222. The Kier molecular flexibility index (Phi) is 5.54. The van der Waals surface area contributed by atoms with Crippen molar-refractivity contribution in [2.75, 3.05) is 7.11 Å². The highest BCUT2D eigenvalue weighted by molar-refractivity contribution is 6.41. The molecule has 4 rings (SSSR count). The Labute approximate surface area is 189 Å². The molecule has 0 fully saturated rings. The molecule has 1 unspecified atom stereocenters. The van der Waals surface area contributed by atoms with Crippen LogP contribution in [0.4, 0.5) is 0 Å². The Hall–Kier alpha value is -3.91. The number of aliphatic imine (C=N–C) groups is 2. The Balaban J connectivity index is 1.91. The number of amidine groups is 1. The summed E-state index contributed by atoms with van der Waals surface area (Å²) in [5.74, 6) is 7.31. The quantitative estimate of drug-likeness (QED) is 0.615. The second-order valence-corrected chi connectivity index (χ2v) is 7.93. The highest BCUT2D eigenvalue weighted by Gasteiger charge is 2.39. The molecule has 0 saturated heterocycles. The maximum atomic E-state index is 6.23. The van der Waals surface area contributed by atoms with Crippen molar-refractivity contribution < 1.29 is 4.74 Å². The van der Waals surface area contributed by atoms with Gasteiger partial charge in [0, 0.05) is 34.6 Å². The summed E-state index contributed by atoms with van der Waals surface area (Å²) >= 11 is 0. The maximum absolute atomic E-state index is 6.23. The fourth-order valence-corrected chi connectivity index (χ4v) is 4.20. The predicted molar refractivity (Wildman–Crippen MR) is 130 cm³/mol. The monoisotopic (exact) mass is 422 g/mol. The summed E-state index contributed by atoms with van der Waals surface area (Å²) in [5, 5.41) is 0. The van der Waals surface area contributed by atoms with E-state index in [4.69, 9.17) is 20.5 Å². The van der Waals surface area contributed by atoms with Gasteiger partial charge in [-0.25, -0.2) is 9.98 Å². The van der Waals surface area contributed by atoms with Gasteiger partial charge in [-0.05, 0) is 68.7 Å². The van der Waals surface area contributed by atoms with Crippen molar-refractivity contribution in [3.8, 4) is 28.7 Å². The first-order valence-corrected chi connectivity index (χ1v) is 10.4. The maximum Gasteiger partial charge on any atom is 0.204 e. The summed E-state index contributed by atoms with van der Waals surface area (Å²) in [6.45, 7) is 7.77. The highest BCUT2D eigenvalue weighted by atomic mass is 16.5. The lowest BCUT2D eigenvalue weighted by Gasteiger charge is -2.26. The number of aromatic nitrogens is 1. The second kappa shape index (κ2) is 8.32. The van der Waals surface area contributed by atoms with Gasteiger partial charge in [0.1, 0.15) is 11.6 Å². The molecular formula is C27H26N4O. The minimum Gasteiger partial charge on any atom is -0.496 e. The molecule has 0 aliphatic carbocycles. The average Bonchev–Trinajstić information content (AvgIpc) is 3.09. The molecule has 0 bridgehead atoms. The molecule has 1 atom stereocenters. The number of hydrogen-bond acceptors (Lipinski definition) is 5. The summed E-state index contributed by atoms with van der Waals surface area (Å²) in [4.78, 5) is 14.2. The normalized spacial score (nSPS) is 17.3. The Bertz CT molecular complexity index is 1280. The van der Waals surface area contributed by atoms with E-state index < -0.39 is 5.66 Å². The van der Waals surface area contributed by atoms with E-state index in [-0.39, 0.29) is 0 Å². The van der Waals surface area contributed by atoms with Crippen LogP contribution in [0.2, 0.25) is 0 Å². The predicted octanol–water partition coefficient (Wildman–Crippen LogP) is 4.78. The molecule has 1 aliphatic heterocycles. The van der Waals surface area contributed by atoms with Crippen LogP contribution in [-0.2, 0) is 5.66 Å². The van der Waals surface area contributed by atoms with Crippen LogP contribution in [0.15, 0.2) is 64.8 Å². The summed E-state index contributed by atoms with van der Waals surface area (Å²) in [6, 6.07) is 14.4. The molecule has 0 spiro atoms. The van der Waals surface area contributed by atoms with Gasteiger partial charge in [0.05, 0.1) is 12.8 Å². The largest absolute Gasteiger partial charge is 0.496 e. The van der Waals surface area contributed by atoms with E-state index in [0.29, 0.717) is 5.84 Å². The lowest BCUT2D eigenvalue weighted by molar-refractivity contribution is 0.408. The molecule has 0 saturated carbocycles. The van der Waals surface area contributed by atoms with Crippen LogP contribution in [0, 0.1) is 25.7 Å². The minimum absolute atomic E-state index is 0.448. The van der Waals surface area contributed by atoms with Crippen LogP contribution >= 0.6 is 0 Å². The van der Waals surface area contributed by atoms with Gasteiger partial charge in [-0.2, -0.15) is 0 Å². The van der Waals surface area contributed by atoms with Crippen molar-refractivity contribution in [3.63, 3.8) is 0 Å². The first kappa shape index (κ1) is 21.3. The van der Waals surface area contributed by atoms with Crippen LogP contribution < -0.4 is 10.5 Å². The van der Waals surface area contributed by atoms with Crippen molar-refractivity contribution in [3.05, 3.63) is 82.7 Å². The third-order valence-electron chi connectivity index (χ3n) is 5.66. The van der Waals surface area contributed by atoms with Gasteiger partial charge in [-0.3, -0.25) is 4.98 Å². The number of ether oxygens (including phenoxy) is 1. The van der Waals surface area contributed by atoms with Gasteiger partial charge < -0.3 is 10.5 Å². The molecule has 3 aromatic rings. The van der Waals surface area contributed by atoms with Gasteiger partial charge in [-0.15, -0.1) is 5.92 Å². The van der Waals surface area contributed by atoms with Crippen molar-refractivity contribution >= 4 is 11.5 Å². The number of benzene rings is 2. The Morgan fingerprint density at radius 3 is 2.28 bits per heavy atom. The summed E-state index contributed by atoms with van der Waals surface area (Å²) in [5.41, 5.74) is 12.8. The zero-order chi connectivity index (χ0) is 22.9. The van der Waals surface area contributed by atoms with Crippen molar-refractivity contribution in [2.45, 2.75) is 33.4 Å². The number of rotatable bonds is 4. The summed E-state index contributed by atoms with van der Waals surface area (Å²) in [7, 11) is 1.69. The van der Waals surface area contributed by atoms with E-state index in [0.717, 1.165) is 50.4 Å². The van der Waals surface area contributed by atoms with E-state index >= 15 is 0 Å². The van der Waals surface area contributed by atoms with Crippen molar-refractivity contribution in [1.29, 1.82) is 0 Å².